The SMILES string of the molecule is CC1=NC(c2cccc(Oc3cccc(-c4cc(C)c(C)cn4)c3)c2)[N+](c2ccc3c(c2C(C)C)CC2(Cc4ccccc4C2)C3)=C1C. The predicted octanol–water partition coefficient (Wildman–Crippen LogP) is 10.4. The molecule has 2 heterocycles. The molecule has 3 aliphatic rings. The molecule has 48 heavy (non-hydrogen) atoms. The van der Waals surface area contributed by atoms with E-state index in [9.17, 15) is 0 Å². The highest BCUT2D eigenvalue weighted by molar-refractivity contribution is 6.39. The summed E-state index contributed by atoms with van der Waals surface area (Å²) in [5, 5.41) is 0. The van der Waals surface area contributed by atoms with Crippen LogP contribution in [0.25, 0.3) is 11.3 Å². The minimum atomic E-state index is -0.152. The molecule has 4 heteroatoms. The van der Waals surface area contributed by atoms with Crippen LogP contribution in [0.1, 0.15) is 84.3 Å². The van der Waals surface area contributed by atoms with Gasteiger partial charge in [-0.05, 0) is 128 Å². The average Bonchev–Trinajstić information content (AvgIpc) is 3.72. The fourth-order valence-corrected chi connectivity index (χ4v) is 8.39. The summed E-state index contributed by atoms with van der Waals surface area (Å²) < 4.78 is 8.97. The quantitative estimate of drug-likeness (QED) is 0.175. The van der Waals surface area contributed by atoms with Gasteiger partial charge >= 0.3 is 0 Å². The van der Waals surface area contributed by atoms with Crippen molar-refractivity contribution in [2.75, 3.05) is 0 Å². The van der Waals surface area contributed by atoms with Gasteiger partial charge < -0.3 is 4.74 Å². The van der Waals surface area contributed by atoms with Crippen molar-refractivity contribution in [3.63, 3.8) is 0 Å². The maximum absolute atomic E-state index is 6.49. The standard InChI is InChI=1S/C44H44N3O/c1-27(2)42-39-25-44(22-34-11-7-8-12-35(34)23-44)24-36(39)17-18-41(42)47-31(6)30(5)46-43(47)33-14-10-16-38(21-33)48-37-15-9-13-32(20-37)40-19-28(3)29(4)26-45-40/h7-21,26-27,43H,22-25H2,1-6H3/q+1. The Hall–Kier alpha value is -4.83. The summed E-state index contributed by atoms with van der Waals surface area (Å²) >= 11 is 0. The van der Waals surface area contributed by atoms with E-state index >= 15 is 0 Å². The topological polar surface area (TPSA) is 37.5 Å². The molecule has 1 aromatic heterocycles. The van der Waals surface area contributed by atoms with Crippen molar-refractivity contribution in [1.82, 2.24) is 4.98 Å². The van der Waals surface area contributed by atoms with E-state index in [1.54, 1.807) is 16.7 Å². The number of benzene rings is 4. The lowest BCUT2D eigenvalue weighted by molar-refractivity contribution is -0.484. The first-order valence-corrected chi connectivity index (χ1v) is 17.4. The van der Waals surface area contributed by atoms with Gasteiger partial charge in [0.1, 0.15) is 17.2 Å². The maximum atomic E-state index is 6.49. The first-order valence-electron chi connectivity index (χ1n) is 17.4. The molecular formula is C44H44N3O+. The number of aliphatic imine (C=N–C) groups is 1. The Balaban J connectivity index is 1.11. The molecule has 5 aromatic rings. The van der Waals surface area contributed by atoms with Gasteiger partial charge in [-0.15, -0.1) is 0 Å². The van der Waals surface area contributed by atoms with Gasteiger partial charge in [0, 0.05) is 35.9 Å². The highest BCUT2D eigenvalue weighted by atomic mass is 16.5. The molecule has 2 aliphatic carbocycles. The Kier molecular flexibility index (Phi) is 7.43. The van der Waals surface area contributed by atoms with E-state index < -0.39 is 0 Å². The molecule has 0 fully saturated rings. The summed E-state index contributed by atoms with van der Waals surface area (Å²) in [5.41, 5.74) is 17.1. The summed E-state index contributed by atoms with van der Waals surface area (Å²) in [6, 6.07) is 32.7. The largest absolute Gasteiger partial charge is 0.457 e. The molecule has 4 nitrogen and oxygen atoms in total. The molecule has 1 spiro atoms. The van der Waals surface area contributed by atoms with Gasteiger partial charge in [0.05, 0.1) is 5.69 Å². The second kappa shape index (κ2) is 11.7. The Labute approximate surface area is 284 Å². The fourth-order valence-electron chi connectivity index (χ4n) is 8.39. The minimum Gasteiger partial charge on any atom is -0.457 e. The molecule has 0 saturated carbocycles. The highest BCUT2D eigenvalue weighted by Gasteiger charge is 2.45. The van der Waals surface area contributed by atoms with E-state index in [1.807, 2.05) is 24.4 Å². The Morgan fingerprint density at radius 3 is 2.17 bits per heavy atom. The van der Waals surface area contributed by atoms with Crippen molar-refractivity contribution < 1.29 is 9.31 Å². The number of hydrogen-bond donors (Lipinski definition) is 0. The lowest BCUT2D eigenvalue weighted by Crippen LogP contribution is -2.22. The lowest BCUT2D eigenvalue weighted by atomic mass is 9.81. The molecule has 0 N–H and O–H groups in total. The number of ether oxygens (including phenoxy) is 1. The zero-order valence-electron chi connectivity index (χ0n) is 29.0. The van der Waals surface area contributed by atoms with Gasteiger partial charge in [-0.1, -0.05) is 62.4 Å². The van der Waals surface area contributed by atoms with Crippen LogP contribution in [0.4, 0.5) is 5.69 Å². The Morgan fingerprint density at radius 1 is 0.729 bits per heavy atom. The third-order valence-corrected chi connectivity index (χ3v) is 11.0. The summed E-state index contributed by atoms with van der Waals surface area (Å²) in [6.07, 6.45) is 6.46. The highest BCUT2D eigenvalue weighted by Crippen LogP contribution is 2.51. The van der Waals surface area contributed by atoms with Crippen LogP contribution >= 0.6 is 0 Å². The molecule has 8 rings (SSSR count). The van der Waals surface area contributed by atoms with Crippen molar-refractivity contribution in [1.29, 1.82) is 0 Å². The monoisotopic (exact) mass is 630 g/mol. The Bertz CT molecular complexity index is 2130. The number of aromatic nitrogens is 1. The molecule has 0 radical (unpaired) electrons. The first-order chi connectivity index (χ1) is 23.2. The predicted molar refractivity (Wildman–Crippen MR) is 196 cm³/mol. The number of fused-ring (bicyclic) bond motifs is 2. The van der Waals surface area contributed by atoms with E-state index in [2.05, 4.69) is 124 Å². The number of aryl methyl sites for hydroxylation is 2. The van der Waals surface area contributed by atoms with Gasteiger partial charge in [0.2, 0.25) is 11.4 Å². The molecular weight excluding hydrogens is 587 g/mol. The van der Waals surface area contributed by atoms with E-state index in [1.165, 1.54) is 52.9 Å². The molecule has 0 amide bonds. The maximum Gasteiger partial charge on any atom is 0.278 e. The second-order valence-electron chi connectivity index (χ2n) is 14.7. The zero-order valence-corrected chi connectivity index (χ0v) is 29.0. The molecule has 0 bridgehead atoms. The van der Waals surface area contributed by atoms with Crippen LogP contribution in [0.3, 0.4) is 0 Å². The zero-order chi connectivity index (χ0) is 33.2. The third-order valence-electron chi connectivity index (χ3n) is 11.0. The number of hydrogen-bond acceptors (Lipinski definition) is 3. The van der Waals surface area contributed by atoms with E-state index in [0.29, 0.717) is 11.3 Å². The third kappa shape index (κ3) is 5.28. The van der Waals surface area contributed by atoms with Gasteiger partial charge in [-0.25, -0.2) is 4.99 Å². The average molecular weight is 631 g/mol. The van der Waals surface area contributed by atoms with Crippen LogP contribution in [0.2, 0.25) is 0 Å². The van der Waals surface area contributed by atoms with Crippen LogP contribution in [0, 0.1) is 19.3 Å². The summed E-state index contributed by atoms with van der Waals surface area (Å²) in [4.78, 5) is 9.92. The van der Waals surface area contributed by atoms with Crippen LogP contribution in [-0.2, 0) is 25.7 Å². The van der Waals surface area contributed by atoms with Crippen LogP contribution < -0.4 is 4.74 Å². The molecule has 1 unspecified atom stereocenters. The summed E-state index contributed by atoms with van der Waals surface area (Å²) in [7, 11) is 0. The van der Waals surface area contributed by atoms with E-state index in [0.717, 1.165) is 40.5 Å². The van der Waals surface area contributed by atoms with Crippen molar-refractivity contribution in [3.05, 3.63) is 142 Å². The molecule has 240 valence electrons. The van der Waals surface area contributed by atoms with Crippen molar-refractivity contribution in [2.45, 2.75) is 79.3 Å². The van der Waals surface area contributed by atoms with Crippen molar-refractivity contribution in [2.24, 2.45) is 10.4 Å². The lowest BCUT2D eigenvalue weighted by Gasteiger charge is -2.22. The number of pyridine rings is 1. The molecule has 0 saturated heterocycles. The fraction of sp³-hybridized carbons (Fsp3) is 0.295. The summed E-state index contributed by atoms with van der Waals surface area (Å²) in [5.74, 6) is 1.99. The smallest absolute Gasteiger partial charge is 0.278 e. The molecule has 4 aromatic carbocycles. The normalized spacial score (nSPS) is 17.6. The van der Waals surface area contributed by atoms with Crippen LogP contribution in [0.5, 0.6) is 11.5 Å². The van der Waals surface area contributed by atoms with Crippen molar-refractivity contribution >= 4 is 17.1 Å². The van der Waals surface area contributed by atoms with E-state index in [-0.39, 0.29) is 6.17 Å². The Morgan fingerprint density at radius 2 is 1.44 bits per heavy atom. The number of nitrogens with zero attached hydrogens (tertiary/aromatic N) is 3. The molecule has 1 atom stereocenters. The second-order valence-corrected chi connectivity index (χ2v) is 14.7. The minimum absolute atomic E-state index is 0.152. The van der Waals surface area contributed by atoms with Crippen molar-refractivity contribution in [3.8, 4) is 22.8 Å². The summed E-state index contributed by atoms with van der Waals surface area (Å²) in [6.45, 7) is 13.3. The van der Waals surface area contributed by atoms with Gasteiger partial charge in [0.25, 0.3) is 6.17 Å². The molecule has 1 aliphatic heterocycles. The van der Waals surface area contributed by atoms with Gasteiger partial charge in [-0.2, -0.15) is 4.58 Å². The van der Waals surface area contributed by atoms with E-state index in [4.69, 9.17) is 9.73 Å². The van der Waals surface area contributed by atoms with Crippen LogP contribution in [-0.4, -0.2) is 21.0 Å². The van der Waals surface area contributed by atoms with Gasteiger partial charge in [0.15, 0.2) is 0 Å². The number of rotatable bonds is 6. The first kappa shape index (κ1) is 30.5. The van der Waals surface area contributed by atoms with Crippen LogP contribution in [0.15, 0.2) is 102 Å². The van der Waals surface area contributed by atoms with Gasteiger partial charge in [-0.3, -0.25) is 4.98 Å².